The number of benzene rings is 2. The second-order valence-electron chi connectivity index (χ2n) is 6.50. The molecule has 5 aromatic rings. The Morgan fingerprint density at radius 1 is 1.04 bits per heavy atom. The maximum Gasteiger partial charge on any atom is 0.184 e. The third-order valence-corrected chi connectivity index (χ3v) is 5.75. The van der Waals surface area contributed by atoms with Gasteiger partial charge in [0.05, 0.1) is 33.7 Å². The summed E-state index contributed by atoms with van der Waals surface area (Å²) in [6.07, 6.45) is 1.51. The van der Waals surface area contributed by atoms with Crippen molar-refractivity contribution in [3.05, 3.63) is 77.1 Å². The third kappa shape index (κ3) is 2.58. The number of fused-ring (bicyclic) bond motifs is 2. The third-order valence-electron chi connectivity index (χ3n) is 4.83. The van der Waals surface area contributed by atoms with Crippen molar-refractivity contribution in [2.75, 3.05) is 0 Å². The fourth-order valence-electron chi connectivity index (χ4n) is 3.45. The van der Waals surface area contributed by atoms with Crippen molar-refractivity contribution in [1.82, 2.24) is 19.5 Å². The Morgan fingerprint density at radius 2 is 1.89 bits per heavy atom. The Hall–Kier alpha value is -3.19. The summed E-state index contributed by atoms with van der Waals surface area (Å²) in [5.41, 5.74) is 5.44. The number of rotatable bonds is 3. The lowest BCUT2D eigenvalue weighted by Gasteiger charge is -2.11. The van der Waals surface area contributed by atoms with Crippen LogP contribution in [0.1, 0.15) is 11.3 Å². The molecule has 3 heterocycles. The quantitative estimate of drug-likeness (QED) is 0.416. The largest absolute Gasteiger partial charge is 0.319 e. The maximum atomic E-state index is 14.2. The van der Waals surface area contributed by atoms with Crippen LogP contribution in [0.15, 0.2) is 54.2 Å². The van der Waals surface area contributed by atoms with Gasteiger partial charge in [-0.05, 0) is 42.8 Å². The molecule has 0 saturated heterocycles. The van der Waals surface area contributed by atoms with Crippen molar-refractivity contribution >= 4 is 33.3 Å². The number of aryl methyl sites for hydroxylation is 1. The average molecular weight is 392 g/mol. The Morgan fingerprint density at radius 3 is 2.71 bits per heavy atom. The lowest BCUT2D eigenvalue weighted by Crippen LogP contribution is -2.04. The summed E-state index contributed by atoms with van der Waals surface area (Å²) in [5.74, 6) is -1.01. The molecule has 138 valence electrons. The molecule has 0 saturated carbocycles. The Kier molecular flexibility index (Phi) is 3.91. The normalized spacial score (nSPS) is 11.5. The summed E-state index contributed by atoms with van der Waals surface area (Å²) < 4.78 is 29.9. The van der Waals surface area contributed by atoms with E-state index in [1.54, 1.807) is 11.6 Å². The zero-order chi connectivity index (χ0) is 19.3. The number of hydrogen-bond acceptors (Lipinski definition) is 4. The van der Waals surface area contributed by atoms with E-state index in [1.165, 1.54) is 17.5 Å². The molecule has 4 nitrogen and oxygen atoms in total. The topological polar surface area (TPSA) is 43.6 Å². The molecule has 7 heteroatoms. The van der Waals surface area contributed by atoms with Crippen LogP contribution in [-0.2, 0) is 6.54 Å². The predicted molar refractivity (Wildman–Crippen MR) is 106 cm³/mol. The van der Waals surface area contributed by atoms with Gasteiger partial charge >= 0.3 is 0 Å². The van der Waals surface area contributed by atoms with Gasteiger partial charge in [0.2, 0.25) is 0 Å². The maximum absolute atomic E-state index is 14.2. The van der Waals surface area contributed by atoms with Gasteiger partial charge in [-0.1, -0.05) is 12.1 Å². The zero-order valence-electron chi connectivity index (χ0n) is 14.9. The summed E-state index contributed by atoms with van der Waals surface area (Å²) in [7, 11) is 0. The standard InChI is InChI=1S/C21H14F2N4S/c1-12-20(28-11-25-12)21-26-16-4-2-3-5-17(16)27(21)10-13-8-9-24-19-14(13)6-7-15(22)18(19)23/h2-9,11H,10H2,1H3. The number of halogens is 2. The molecule has 0 unspecified atom stereocenters. The van der Waals surface area contributed by atoms with E-state index in [1.807, 2.05) is 37.3 Å². The highest BCUT2D eigenvalue weighted by Crippen LogP contribution is 2.32. The average Bonchev–Trinajstić information content (AvgIpc) is 3.28. The molecule has 0 bridgehead atoms. The minimum absolute atomic E-state index is 0.0393. The fraction of sp³-hybridized carbons (Fsp3) is 0.0952. The van der Waals surface area contributed by atoms with Crippen molar-refractivity contribution in [3.63, 3.8) is 0 Å². The van der Waals surface area contributed by atoms with Gasteiger partial charge in [0.1, 0.15) is 5.52 Å². The molecular weight excluding hydrogens is 378 g/mol. The van der Waals surface area contributed by atoms with Gasteiger partial charge in [-0.15, -0.1) is 11.3 Å². The predicted octanol–water partition coefficient (Wildman–Crippen LogP) is 5.34. The van der Waals surface area contributed by atoms with Crippen molar-refractivity contribution in [3.8, 4) is 10.7 Å². The number of hydrogen-bond donors (Lipinski definition) is 0. The van der Waals surface area contributed by atoms with Crippen LogP contribution >= 0.6 is 11.3 Å². The first-order valence-corrected chi connectivity index (χ1v) is 9.59. The van der Waals surface area contributed by atoms with Crippen LogP contribution in [0.3, 0.4) is 0 Å². The molecule has 28 heavy (non-hydrogen) atoms. The van der Waals surface area contributed by atoms with Crippen LogP contribution in [0.4, 0.5) is 8.78 Å². The van der Waals surface area contributed by atoms with Gasteiger partial charge in [-0.2, -0.15) is 0 Å². The second-order valence-corrected chi connectivity index (χ2v) is 7.36. The van der Waals surface area contributed by atoms with E-state index in [2.05, 4.69) is 14.5 Å². The second kappa shape index (κ2) is 6.45. The monoisotopic (exact) mass is 392 g/mol. The number of imidazole rings is 1. The minimum Gasteiger partial charge on any atom is -0.319 e. The number of pyridine rings is 1. The molecule has 0 amide bonds. The number of nitrogens with zero attached hydrogens (tertiary/aromatic N) is 4. The summed E-state index contributed by atoms with van der Waals surface area (Å²) in [6.45, 7) is 2.41. The highest BCUT2D eigenvalue weighted by molar-refractivity contribution is 7.13. The minimum atomic E-state index is -0.923. The number of aromatic nitrogens is 4. The van der Waals surface area contributed by atoms with E-state index in [4.69, 9.17) is 4.98 Å². The first-order chi connectivity index (χ1) is 13.6. The van der Waals surface area contributed by atoms with Crippen LogP contribution in [0, 0.1) is 18.6 Å². The fourth-order valence-corrected chi connectivity index (χ4v) is 4.25. The first-order valence-electron chi connectivity index (χ1n) is 8.71. The Bertz CT molecular complexity index is 1340. The van der Waals surface area contributed by atoms with Gasteiger partial charge in [0.15, 0.2) is 17.5 Å². The van der Waals surface area contributed by atoms with Crippen LogP contribution in [0.2, 0.25) is 0 Å². The number of para-hydroxylation sites is 2. The molecule has 0 atom stereocenters. The van der Waals surface area contributed by atoms with Crippen LogP contribution in [0.5, 0.6) is 0 Å². The van der Waals surface area contributed by atoms with E-state index < -0.39 is 11.6 Å². The van der Waals surface area contributed by atoms with E-state index in [9.17, 15) is 8.78 Å². The summed E-state index contributed by atoms with van der Waals surface area (Å²) in [4.78, 5) is 14.2. The molecule has 5 rings (SSSR count). The summed E-state index contributed by atoms with van der Waals surface area (Å²) >= 11 is 1.53. The van der Waals surface area contributed by atoms with E-state index in [0.29, 0.717) is 11.9 Å². The molecule has 0 spiro atoms. The van der Waals surface area contributed by atoms with Crippen molar-refractivity contribution < 1.29 is 8.78 Å². The lowest BCUT2D eigenvalue weighted by atomic mass is 10.1. The summed E-state index contributed by atoms with van der Waals surface area (Å²) in [5, 5.41) is 0.589. The highest BCUT2D eigenvalue weighted by atomic mass is 32.1. The van der Waals surface area contributed by atoms with Gasteiger partial charge in [-0.25, -0.2) is 18.7 Å². The Labute approximate surface area is 163 Å². The van der Waals surface area contributed by atoms with Crippen molar-refractivity contribution in [2.24, 2.45) is 0 Å². The van der Waals surface area contributed by atoms with E-state index in [-0.39, 0.29) is 5.52 Å². The Balaban J connectivity index is 1.74. The number of thiazole rings is 1. The van der Waals surface area contributed by atoms with Crippen molar-refractivity contribution in [2.45, 2.75) is 13.5 Å². The molecule has 0 radical (unpaired) electrons. The van der Waals surface area contributed by atoms with Crippen LogP contribution in [-0.4, -0.2) is 19.5 Å². The smallest absolute Gasteiger partial charge is 0.184 e. The molecule has 0 fully saturated rings. The summed E-state index contributed by atoms with van der Waals surface area (Å²) in [6, 6.07) is 12.4. The highest BCUT2D eigenvalue weighted by Gasteiger charge is 2.18. The van der Waals surface area contributed by atoms with Crippen molar-refractivity contribution in [1.29, 1.82) is 0 Å². The molecule has 0 aliphatic rings. The van der Waals surface area contributed by atoms with Gasteiger partial charge < -0.3 is 4.57 Å². The SMILES string of the molecule is Cc1ncsc1-c1nc2ccccc2n1Cc1ccnc2c(F)c(F)ccc12. The molecule has 0 N–H and O–H groups in total. The van der Waals surface area contributed by atoms with Crippen LogP contribution < -0.4 is 0 Å². The van der Waals surface area contributed by atoms with Gasteiger partial charge in [-0.3, -0.25) is 4.98 Å². The lowest BCUT2D eigenvalue weighted by molar-refractivity contribution is 0.515. The molecule has 2 aromatic carbocycles. The molecule has 3 aromatic heterocycles. The van der Waals surface area contributed by atoms with Crippen LogP contribution in [0.25, 0.3) is 32.6 Å². The van der Waals surface area contributed by atoms with Gasteiger partial charge in [0.25, 0.3) is 0 Å². The van der Waals surface area contributed by atoms with E-state index >= 15 is 0 Å². The molecular formula is C21H14F2N4S. The first kappa shape index (κ1) is 16.9. The van der Waals surface area contributed by atoms with Gasteiger partial charge in [0, 0.05) is 11.6 Å². The van der Waals surface area contributed by atoms with E-state index in [0.717, 1.165) is 39.1 Å². The molecule has 0 aliphatic heterocycles. The molecule has 0 aliphatic carbocycles. The zero-order valence-corrected chi connectivity index (χ0v) is 15.7.